The molecule has 1 aromatic heterocycles. The second-order valence-corrected chi connectivity index (χ2v) is 3.52. The molecule has 4 heteroatoms. The van der Waals surface area contributed by atoms with Crippen molar-refractivity contribution in [1.82, 2.24) is 4.90 Å². The summed E-state index contributed by atoms with van der Waals surface area (Å²) in [5.74, 6) is 1.53. The first-order valence-electron chi connectivity index (χ1n) is 4.82. The van der Waals surface area contributed by atoms with Crippen LogP contribution in [0.3, 0.4) is 0 Å². The summed E-state index contributed by atoms with van der Waals surface area (Å²) in [6, 6.07) is 4.40. The Morgan fingerprint density at radius 1 is 1.71 bits per heavy atom. The molecule has 1 heterocycles. The summed E-state index contributed by atoms with van der Waals surface area (Å²) in [5, 5.41) is 0. The molecule has 0 amide bonds. The van der Waals surface area contributed by atoms with E-state index in [1.165, 1.54) is 12.8 Å². The highest BCUT2D eigenvalue weighted by molar-refractivity contribution is 5.78. The summed E-state index contributed by atoms with van der Waals surface area (Å²) < 4.78 is 5.28. The van der Waals surface area contributed by atoms with Crippen molar-refractivity contribution in [2.45, 2.75) is 25.4 Å². The van der Waals surface area contributed by atoms with Crippen LogP contribution in [0.2, 0.25) is 0 Å². The van der Waals surface area contributed by atoms with E-state index in [0.717, 1.165) is 12.3 Å². The van der Waals surface area contributed by atoms with Crippen molar-refractivity contribution < 1.29 is 4.42 Å². The van der Waals surface area contributed by atoms with Crippen molar-refractivity contribution in [3.8, 4) is 0 Å². The van der Waals surface area contributed by atoms with Gasteiger partial charge in [-0.3, -0.25) is 4.99 Å². The maximum atomic E-state index is 5.81. The fraction of sp³-hybridized carbons (Fsp3) is 0.500. The molecule has 0 unspecified atom stereocenters. The van der Waals surface area contributed by atoms with Gasteiger partial charge in [0.2, 0.25) is 0 Å². The molecule has 1 saturated carbocycles. The summed E-state index contributed by atoms with van der Waals surface area (Å²) in [5.41, 5.74) is 5.81. The molecule has 2 N–H and O–H groups in total. The van der Waals surface area contributed by atoms with Gasteiger partial charge in [-0.05, 0) is 25.0 Å². The fourth-order valence-corrected chi connectivity index (χ4v) is 1.48. The molecule has 1 aromatic rings. The lowest BCUT2D eigenvalue weighted by Crippen LogP contribution is -2.38. The van der Waals surface area contributed by atoms with Crippen LogP contribution in [0.5, 0.6) is 0 Å². The van der Waals surface area contributed by atoms with E-state index in [1.807, 2.05) is 12.1 Å². The van der Waals surface area contributed by atoms with Gasteiger partial charge in [0.05, 0.1) is 12.8 Å². The Kier molecular flexibility index (Phi) is 2.43. The van der Waals surface area contributed by atoms with Gasteiger partial charge in [-0.1, -0.05) is 0 Å². The van der Waals surface area contributed by atoms with Crippen LogP contribution < -0.4 is 5.73 Å². The molecule has 1 fully saturated rings. The topological polar surface area (TPSA) is 54.8 Å². The highest BCUT2D eigenvalue weighted by atomic mass is 16.3. The lowest BCUT2D eigenvalue weighted by atomic mass is 10.4. The van der Waals surface area contributed by atoms with Crippen LogP contribution in [0.15, 0.2) is 27.8 Å². The Labute approximate surface area is 83.4 Å². The van der Waals surface area contributed by atoms with Crippen molar-refractivity contribution in [2.75, 3.05) is 7.05 Å². The molecule has 0 atom stereocenters. The van der Waals surface area contributed by atoms with Crippen molar-refractivity contribution in [2.24, 2.45) is 10.7 Å². The minimum Gasteiger partial charge on any atom is -0.467 e. The molecule has 0 saturated heterocycles. The van der Waals surface area contributed by atoms with E-state index in [0.29, 0.717) is 12.0 Å². The highest BCUT2D eigenvalue weighted by Crippen LogP contribution is 2.28. The Balaban J connectivity index is 2.04. The van der Waals surface area contributed by atoms with Crippen molar-refractivity contribution >= 4 is 5.96 Å². The van der Waals surface area contributed by atoms with E-state index in [-0.39, 0.29) is 0 Å². The number of aliphatic imine (C=N–C) groups is 1. The van der Waals surface area contributed by atoms with Crippen LogP contribution in [0.4, 0.5) is 0 Å². The molecule has 0 aliphatic heterocycles. The summed E-state index contributed by atoms with van der Waals surface area (Å²) in [6.07, 6.45) is 4.09. The zero-order valence-electron chi connectivity index (χ0n) is 8.31. The number of nitrogens with two attached hydrogens (primary N) is 1. The van der Waals surface area contributed by atoms with Crippen molar-refractivity contribution in [1.29, 1.82) is 0 Å². The van der Waals surface area contributed by atoms with Gasteiger partial charge < -0.3 is 15.1 Å². The lowest BCUT2D eigenvalue weighted by molar-refractivity contribution is 0.350. The molecular formula is C10H15N3O. The molecule has 0 aromatic carbocycles. The number of nitrogens with zero attached hydrogens (tertiary/aromatic N) is 2. The van der Waals surface area contributed by atoms with Crippen molar-refractivity contribution in [3.63, 3.8) is 0 Å². The molecule has 0 bridgehead atoms. The molecular weight excluding hydrogens is 178 g/mol. The smallest absolute Gasteiger partial charge is 0.191 e. The Bertz CT molecular complexity index is 314. The Morgan fingerprint density at radius 2 is 2.50 bits per heavy atom. The van der Waals surface area contributed by atoms with Gasteiger partial charge in [-0.25, -0.2) is 0 Å². The predicted molar refractivity (Wildman–Crippen MR) is 54.8 cm³/mol. The minimum atomic E-state index is 0.559. The van der Waals surface area contributed by atoms with Crippen molar-refractivity contribution in [3.05, 3.63) is 24.2 Å². The van der Waals surface area contributed by atoms with Gasteiger partial charge in [-0.2, -0.15) is 0 Å². The van der Waals surface area contributed by atoms with E-state index in [1.54, 1.807) is 13.3 Å². The van der Waals surface area contributed by atoms with Gasteiger partial charge in [0, 0.05) is 13.1 Å². The van der Waals surface area contributed by atoms with Gasteiger partial charge >= 0.3 is 0 Å². The summed E-state index contributed by atoms with van der Waals surface area (Å²) in [4.78, 5) is 6.11. The van der Waals surface area contributed by atoms with E-state index >= 15 is 0 Å². The number of guanidine groups is 1. The minimum absolute atomic E-state index is 0.559. The number of hydrogen-bond donors (Lipinski definition) is 1. The molecule has 0 radical (unpaired) electrons. The largest absolute Gasteiger partial charge is 0.467 e. The summed E-state index contributed by atoms with van der Waals surface area (Å²) in [7, 11) is 1.72. The van der Waals surface area contributed by atoms with E-state index in [2.05, 4.69) is 9.89 Å². The zero-order valence-corrected chi connectivity index (χ0v) is 8.31. The SMILES string of the molecule is CN=C(N)N(Cc1ccco1)C1CC1. The first-order valence-corrected chi connectivity index (χ1v) is 4.82. The number of hydrogen-bond acceptors (Lipinski definition) is 2. The van der Waals surface area contributed by atoms with Gasteiger partial charge in [0.15, 0.2) is 5.96 Å². The summed E-state index contributed by atoms with van der Waals surface area (Å²) in [6.45, 7) is 0.723. The van der Waals surface area contributed by atoms with Gasteiger partial charge in [-0.15, -0.1) is 0 Å². The molecule has 14 heavy (non-hydrogen) atoms. The standard InChI is InChI=1S/C10H15N3O/c1-12-10(11)13(8-4-5-8)7-9-3-2-6-14-9/h2-3,6,8H,4-5,7H2,1H3,(H2,11,12). The van der Waals surface area contributed by atoms with Gasteiger partial charge in [0.25, 0.3) is 0 Å². The normalized spacial score (nSPS) is 17.1. The number of rotatable bonds is 3. The van der Waals surface area contributed by atoms with Crippen LogP contribution in [0.1, 0.15) is 18.6 Å². The molecule has 1 aliphatic rings. The highest BCUT2D eigenvalue weighted by Gasteiger charge is 2.30. The average Bonchev–Trinajstić information content (AvgIpc) is 2.92. The second kappa shape index (κ2) is 3.74. The lowest BCUT2D eigenvalue weighted by Gasteiger charge is -2.21. The molecule has 0 spiro atoms. The van der Waals surface area contributed by atoms with Crippen LogP contribution in [0, 0.1) is 0 Å². The average molecular weight is 193 g/mol. The second-order valence-electron chi connectivity index (χ2n) is 3.52. The van der Waals surface area contributed by atoms with E-state index in [4.69, 9.17) is 10.2 Å². The van der Waals surface area contributed by atoms with Crippen LogP contribution in [-0.4, -0.2) is 23.9 Å². The zero-order chi connectivity index (χ0) is 9.97. The molecule has 1 aliphatic carbocycles. The third-order valence-corrected chi connectivity index (χ3v) is 2.42. The molecule has 76 valence electrons. The Morgan fingerprint density at radius 3 is 3.00 bits per heavy atom. The van der Waals surface area contributed by atoms with E-state index < -0.39 is 0 Å². The Hall–Kier alpha value is -1.45. The summed E-state index contributed by atoms with van der Waals surface area (Å²) >= 11 is 0. The molecule has 4 nitrogen and oxygen atoms in total. The van der Waals surface area contributed by atoms with Crippen LogP contribution in [-0.2, 0) is 6.54 Å². The predicted octanol–water partition coefficient (Wildman–Crippen LogP) is 1.19. The monoisotopic (exact) mass is 193 g/mol. The first kappa shape index (κ1) is 9.12. The van der Waals surface area contributed by atoms with Crippen LogP contribution >= 0.6 is 0 Å². The maximum absolute atomic E-state index is 5.81. The third kappa shape index (κ3) is 1.89. The number of furan rings is 1. The maximum Gasteiger partial charge on any atom is 0.191 e. The van der Waals surface area contributed by atoms with E-state index in [9.17, 15) is 0 Å². The quantitative estimate of drug-likeness (QED) is 0.579. The first-order chi connectivity index (χ1) is 6.81. The fourth-order valence-electron chi connectivity index (χ4n) is 1.48. The van der Waals surface area contributed by atoms with Gasteiger partial charge in [0.1, 0.15) is 5.76 Å². The molecule has 2 rings (SSSR count). The van der Waals surface area contributed by atoms with Crippen LogP contribution in [0.25, 0.3) is 0 Å². The third-order valence-electron chi connectivity index (χ3n) is 2.42.